The molecule has 0 fully saturated rings. The summed E-state index contributed by atoms with van der Waals surface area (Å²) >= 11 is 0. The number of amides is 1. The molecule has 2 aromatic heterocycles. The number of esters is 1. The van der Waals surface area contributed by atoms with E-state index >= 15 is 0 Å². The Kier molecular flexibility index (Phi) is 5.63. The summed E-state index contributed by atoms with van der Waals surface area (Å²) in [4.78, 5) is 34.9. The number of nitrogens with one attached hydrogen (secondary N) is 1. The van der Waals surface area contributed by atoms with Crippen molar-refractivity contribution in [3.05, 3.63) is 65.4 Å². The number of aromatic nitrogens is 2. The van der Waals surface area contributed by atoms with Crippen LogP contribution in [0.1, 0.15) is 37.2 Å². The second kappa shape index (κ2) is 8.30. The normalized spacial score (nSPS) is 10.4. The van der Waals surface area contributed by atoms with E-state index in [1.165, 1.54) is 26.4 Å². The number of hydrogen-bond donors (Lipinski definition) is 2. The van der Waals surface area contributed by atoms with Crippen LogP contribution in [0.2, 0.25) is 0 Å². The van der Waals surface area contributed by atoms with Crippen molar-refractivity contribution in [1.29, 1.82) is 0 Å². The van der Waals surface area contributed by atoms with Crippen molar-refractivity contribution in [2.75, 3.05) is 12.4 Å². The van der Waals surface area contributed by atoms with Crippen molar-refractivity contribution in [3.8, 4) is 5.75 Å². The molecule has 150 valence electrons. The summed E-state index contributed by atoms with van der Waals surface area (Å²) in [5, 5.41) is 15.5. The smallest absolute Gasteiger partial charge is 0.356 e. The molecule has 0 aliphatic carbocycles. The van der Waals surface area contributed by atoms with Crippen LogP contribution in [0.25, 0.3) is 0 Å². The van der Waals surface area contributed by atoms with E-state index in [1.807, 2.05) is 0 Å². The number of nitrogens with zero attached hydrogens (tertiary/aromatic N) is 2. The highest BCUT2D eigenvalue weighted by atomic mass is 16.5. The average Bonchev–Trinajstić information content (AvgIpc) is 3.33. The molecule has 1 aromatic carbocycles. The minimum atomic E-state index is -1.22. The molecular weight excluding hydrogens is 382 g/mol. The molecule has 3 aromatic rings. The van der Waals surface area contributed by atoms with Gasteiger partial charge in [0.25, 0.3) is 5.91 Å². The van der Waals surface area contributed by atoms with Crippen LogP contribution in [-0.4, -0.2) is 39.8 Å². The Morgan fingerprint density at radius 3 is 2.55 bits per heavy atom. The van der Waals surface area contributed by atoms with E-state index in [-0.39, 0.29) is 23.7 Å². The molecule has 0 aliphatic rings. The average molecular weight is 399 g/mol. The van der Waals surface area contributed by atoms with Crippen molar-refractivity contribution >= 4 is 23.5 Å². The molecule has 10 heteroatoms. The van der Waals surface area contributed by atoms with Gasteiger partial charge in [0.05, 0.1) is 24.6 Å². The molecule has 1 amide bonds. The highest BCUT2D eigenvalue weighted by Gasteiger charge is 2.20. The number of benzene rings is 1. The number of ether oxygens (including phenoxy) is 2. The largest absolute Gasteiger partial charge is 0.486 e. The van der Waals surface area contributed by atoms with Gasteiger partial charge in [0.2, 0.25) is 0 Å². The first-order valence-corrected chi connectivity index (χ1v) is 8.35. The van der Waals surface area contributed by atoms with Crippen molar-refractivity contribution in [3.63, 3.8) is 0 Å². The zero-order valence-corrected chi connectivity index (χ0v) is 15.5. The maximum Gasteiger partial charge on any atom is 0.356 e. The van der Waals surface area contributed by atoms with Gasteiger partial charge in [-0.1, -0.05) is 0 Å². The lowest BCUT2D eigenvalue weighted by atomic mass is 10.2. The van der Waals surface area contributed by atoms with Gasteiger partial charge in [-0.3, -0.25) is 9.48 Å². The molecular formula is C19H17N3O7. The van der Waals surface area contributed by atoms with Crippen molar-refractivity contribution in [2.45, 2.75) is 6.61 Å². The first-order valence-electron chi connectivity index (χ1n) is 8.35. The highest BCUT2D eigenvalue weighted by molar-refractivity contribution is 6.05. The molecule has 0 saturated carbocycles. The number of hydrogen-bond acceptors (Lipinski definition) is 7. The molecule has 0 spiro atoms. The molecule has 0 bridgehead atoms. The van der Waals surface area contributed by atoms with Crippen molar-refractivity contribution in [1.82, 2.24) is 9.78 Å². The topological polar surface area (TPSA) is 133 Å². The van der Waals surface area contributed by atoms with E-state index in [9.17, 15) is 19.5 Å². The van der Waals surface area contributed by atoms with Crippen LogP contribution in [0.5, 0.6) is 5.75 Å². The second-order valence-electron chi connectivity index (χ2n) is 5.86. The van der Waals surface area contributed by atoms with Crippen LogP contribution in [0.3, 0.4) is 0 Å². The summed E-state index contributed by atoms with van der Waals surface area (Å²) in [5.41, 5.74) is 0.307. The van der Waals surface area contributed by atoms with E-state index < -0.39 is 17.8 Å². The van der Waals surface area contributed by atoms with Gasteiger partial charge in [0, 0.05) is 7.05 Å². The van der Waals surface area contributed by atoms with E-state index in [0.29, 0.717) is 17.1 Å². The van der Waals surface area contributed by atoms with Crippen LogP contribution in [0, 0.1) is 0 Å². The monoisotopic (exact) mass is 399 g/mol. The fourth-order valence-corrected chi connectivity index (χ4v) is 2.50. The number of methoxy groups -OCH3 is 1. The maximum absolute atomic E-state index is 12.3. The summed E-state index contributed by atoms with van der Waals surface area (Å²) in [6, 6.07) is 9.37. The molecule has 10 nitrogen and oxygen atoms in total. The number of furan rings is 1. The standard InChI is InChI=1S/C19H17N3O7/c1-22-16(18(24)25)14(9-20-22)21-17(23)15-8-7-13(29-15)10-28-12-5-3-11(4-6-12)19(26)27-2/h3-9H,10H2,1-2H3,(H,21,23)(H,24,25). The number of carboxylic acids is 1. The number of carboxylic acid groups (broad SMARTS) is 1. The lowest BCUT2D eigenvalue weighted by Crippen LogP contribution is -2.15. The molecule has 0 unspecified atom stereocenters. The third kappa shape index (κ3) is 4.43. The van der Waals surface area contributed by atoms with Gasteiger partial charge in [-0.15, -0.1) is 0 Å². The van der Waals surface area contributed by atoms with Crippen LogP contribution in [0.15, 0.2) is 47.0 Å². The molecule has 0 radical (unpaired) electrons. The Morgan fingerprint density at radius 1 is 1.17 bits per heavy atom. The van der Waals surface area contributed by atoms with Crippen molar-refractivity contribution in [2.24, 2.45) is 7.05 Å². The first kappa shape index (κ1) is 19.7. The minimum Gasteiger partial charge on any atom is -0.486 e. The summed E-state index contributed by atoms with van der Waals surface area (Å²) < 4.78 is 16.8. The predicted molar refractivity (Wildman–Crippen MR) is 98.9 cm³/mol. The van der Waals surface area contributed by atoms with E-state index in [4.69, 9.17) is 9.15 Å². The summed E-state index contributed by atoms with van der Waals surface area (Å²) in [5.74, 6) is -1.40. The third-order valence-electron chi connectivity index (χ3n) is 3.93. The Labute approximate surface area is 164 Å². The lowest BCUT2D eigenvalue weighted by molar-refractivity contribution is 0.0599. The number of carbonyl (C=O) groups excluding carboxylic acids is 2. The Morgan fingerprint density at radius 2 is 1.90 bits per heavy atom. The van der Waals surface area contributed by atoms with Crippen molar-refractivity contribution < 1.29 is 33.4 Å². The van der Waals surface area contributed by atoms with Gasteiger partial charge in [-0.2, -0.15) is 5.10 Å². The summed E-state index contributed by atoms with van der Waals surface area (Å²) in [6.45, 7) is 0.0537. The van der Waals surface area contributed by atoms with Gasteiger partial charge in [-0.25, -0.2) is 9.59 Å². The quantitative estimate of drug-likeness (QED) is 0.579. The van der Waals surface area contributed by atoms with Crippen LogP contribution in [-0.2, 0) is 18.4 Å². The van der Waals surface area contributed by atoms with Crippen LogP contribution >= 0.6 is 0 Å². The summed E-state index contributed by atoms with van der Waals surface area (Å²) in [7, 11) is 2.76. The van der Waals surface area contributed by atoms with Gasteiger partial charge in [0.1, 0.15) is 18.1 Å². The van der Waals surface area contributed by atoms with Gasteiger partial charge in [0.15, 0.2) is 11.5 Å². The number of carbonyl (C=O) groups is 3. The molecule has 29 heavy (non-hydrogen) atoms. The van der Waals surface area contributed by atoms with E-state index in [0.717, 1.165) is 4.68 Å². The Hall–Kier alpha value is -4.08. The minimum absolute atomic E-state index is 0.00942. The number of aryl methyl sites for hydroxylation is 1. The lowest BCUT2D eigenvalue weighted by Gasteiger charge is -2.05. The predicted octanol–water partition coefficient (Wildman–Crippen LogP) is 2.33. The summed E-state index contributed by atoms with van der Waals surface area (Å²) in [6.07, 6.45) is 1.24. The first-order chi connectivity index (χ1) is 13.9. The van der Waals surface area contributed by atoms with Crippen LogP contribution in [0.4, 0.5) is 5.69 Å². The van der Waals surface area contributed by atoms with Gasteiger partial charge < -0.3 is 24.3 Å². The molecule has 2 N–H and O–H groups in total. The van der Waals surface area contributed by atoms with E-state index in [2.05, 4.69) is 15.2 Å². The van der Waals surface area contributed by atoms with Gasteiger partial charge >= 0.3 is 11.9 Å². The SMILES string of the molecule is COC(=O)c1ccc(OCc2ccc(C(=O)Nc3cnn(C)c3C(=O)O)o2)cc1. The zero-order valence-electron chi connectivity index (χ0n) is 15.5. The zero-order chi connectivity index (χ0) is 21.0. The van der Waals surface area contributed by atoms with E-state index in [1.54, 1.807) is 30.3 Å². The number of aromatic carboxylic acids is 1. The fourth-order valence-electron chi connectivity index (χ4n) is 2.50. The van der Waals surface area contributed by atoms with Gasteiger partial charge in [-0.05, 0) is 36.4 Å². The maximum atomic E-state index is 12.3. The molecule has 0 saturated heterocycles. The Bertz CT molecular complexity index is 1050. The Balaban J connectivity index is 1.61. The molecule has 0 atom stereocenters. The molecule has 0 aliphatic heterocycles. The highest BCUT2D eigenvalue weighted by Crippen LogP contribution is 2.18. The molecule has 2 heterocycles. The third-order valence-corrected chi connectivity index (χ3v) is 3.93. The van der Waals surface area contributed by atoms with Crippen LogP contribution < -0.4 is 10.1 Å². The fraction of sp³-hybridized carbons (Fsp3) is 0.158. The number of rotatable bonds is 7. The number of anilines is 1. The molecule has 3 rings (SSSR count). The second-order valence-corrected chi connectivity index (χ2v) is 5.86.